The van der Waals surface area contributed by atoms with Crippen LogP contribution in [0.4, 0.5) is 0 Å². The van der Waals surface area contributed by atoms with Gasteiger partial charge in [-0.3, -0.25) is 4.79 Å². The van der Waals surface area contributed by atoms with E-state index in [-0.39, 0.29) is 0 Å². The molecule has 0 heterocycles. The lowest BCUT2D eigenvalue weighted by molar-refractivity contribution is -0.143. The molecule has 3 atom stereocenters. The van der Waals surface area contributed by atoms with Gasteiger partial charge in [-0.15, -0.1) is 4.52 Å². The molecule has 0 spiro atoms. The number of carbonyl (C=O) groups is 1. The molecule has 16 heavy (non-hydrogen) atoms. The zero-order valence-electron chi connectivity index (χ0n) is 9.16. The van der Waals surface area contributed by atoms with Crippen molar-refractivity contribution in [2.75, 3.05) is 0 Å². The van der Waals surface area contributed by atoms with Crippen LogP contribution in [0.15, 0.2) is 30.3 Å². The first-order chi connectivity index (χ1) is 7.52. The predicted molar refractivity (Wildman–Crippen MR) is 61.0 cm³/mol. The van der Waals surface area contributed by atoms with E-state index in [0.717, 1.165) is 0 Å². The summed E-state index contributed by atoms with van der Waals surface area (Å²) >= 11 is 0. The Morgan fingerprint density at radius 2 is 1.88 bits per heavy atom. The van der Waals surface area contributed by atoms with Gasteiger partial charge in [0.05, 0.1) is 5.92 Å². The smallest absolute Gasteiger partial charge is 0.481 e. The molecule has 5 heteroatoms. The standard InChI is InChI=1S/C11H13O4P/c1-8(11(12)13)9(2)15-16(14)10-6-4-3-5-7-10/h3-9H,1-2H3/p+1. The van der Waals surface area contributed by atoms with E-state index in [1.165, 1.54) is 6.92 Å². The van der Waals surface area contributed by atoms with Crippen LogP contribution in [0.5, 0.6) is 0 Å². The summed E-state index contributed by atoms with van der Waals surface area (Å²) in [5.74, 6) is -1.63. The maximum absolute atomic E-state index is 11.7. The van der Waals surface area contributed by atoms with Gasteiger partial charge >= 0.3 is 14.0 Å². The molecule has 0 fully saturated rings. The van der Waals surface area contributed by atoms with Crippen LogP contribution >= 0.6 is 8.03 Å². The van der Waals surface area contributed by atoms with Gasteiger partial charge in [0.1, 0.15) is 6.10 Å². The van der Waals surface area contributed by atoms with E-state index >= 15 is 0 Å². The molecule has 0 aliphatic rings. The van der Waals surface area contributed by atoms with Gasteiger partial charge in [-0.25, -0.2) is 0 Å². The van der Waals surface area contributed by atoms with Gasteiger partial charge in [0.15, 0.2) is 0 Å². The summed E-state index contributed by atoms with van der Waals surface area (Å²) in [5, 5.41) is 9.33. The third-order valence-corrected chi connectivity index (χ3v) is 3.57. The zero-order chi connectivity index (χ0) is 12.1. The van der Waals surface area contributed by atoms with Crippen LogP contribution in [-0.2, 0) is 13.9 Å². The molecule has 1 rings (SSSR count). The molecule has 0 aliphatic heterocycles. The summed E-state index contributed by atoms with van der Waals surface area (Å²) in [5.41, 5.74) is 0. The molecule has 1 N–H and O–H groups in total. The number of hydrogen-bond acceptors (Lipinski definition) is 3. The van der Waals surface area contributed by atoms with Crippen LogP contribution in [0.2, 0.25) is 0 Å². The van der Waals surface area contributed by atoms with Crippen molar-refractivity contribution in [2.45, 2.75) is 20.0 Å². The van der Waals surface area contributed by atoms with Crippen molar-refractivity contribution in [3.8, 4) is 0 Å². The minimum atomic E-state index is -1.99. The molecular formula is C11H14O4P+. The molecule has 1 aromatic carbocycles. The molecule has 0 amide bonds. The Bertz CT molecular complexity index is 377. The number of carboxylic acids is 1. The molecule has 0 radical (unpaired) electrons. The van der Waals surface area contributed by atoms with Gasteiger partial charge in [-0.1, -0.05) is 18.2 Å². The summed E-state index contributed by atoms with van der Waals surface area (Å²) in [6.45, 7) is 3.14. The lowest BCUT2D eigenvalue weighted by Crippen LogP contribution is -2.24. The van der Waals surface area contributed by atoms with Crippen LogP contribution in [0, 0.1) is 5.92 Å². The van der Waals surface area contributed by atoms with Crippen LogP contribution in [0.3, 0.4) is 0 Å². The van der Waals surface area contributed by atoms with Crippen molar-refractivity contribution in [1.29, 1.82) is 0 Å². The Balaban J connectivity index is 2.62. The first-order valence-electron chi connectivity index (χ1n) is 4.94. The summed E-state index contributed by atoms with van der Waals surface area (Å²) in [7, 11) is -1.99. The fraction of sp³-hybridized carbons (Fsp3) is 0.364. The van der Waals surface area contributed by atoms with Gasteiger partial charge in [-0.05, 0) is 30.5 Å². The third-order valence-electron chi connectivity index (χ3n) is 2.32. The van der Waals surface area contributed by atoms with Gasteiger partial charge in [0.2, 0.25) is 5.30 Å². The van der Waals surface area contributed by atoms with Gasteiger partial charge < -0.3 is 5.11 Å². The van der Waals surface area contributed by atoms with E-state index in [1.807, 2.05) is 6.07 Å². The minimum Gasteiger partial charge on any atom is -0.481 e. The summed E-state index contributed by atoms with van der Waals surface area (Å²) < 4.78 is 16.9. The van der Waals surface area contributed by atoms with Crippen LogP contribution in [0.25, 0.3) is 0 Å². The number of hydrogen-bond donors (Lipinski definition) is 1. The number of benzene rings is 1. The summed E-state index contributed by atoms with van der Waals surface area (Å²) in [6.07, 6.45) is -0.582. The average Bonchev–Trinajstić information content (AvgIpc) is 2.28. The Morgan fingerprint density at radius 3 is 2.38 bits per heavy atom. The first kappa shape index (κ1) is 12.8. The van der Waals surface area contributed by atoms with Crippen molar-refractivity contribution in [3.63, 3.8) is 0 Å². The molecule has 4 nitrogen and oxygen atoms in total. The largest absolute Gasteiger partial charge is 0.548 e. The van der Waals surface area contributed by atoms with Crippen LogP contribution in [-0.4, -0.2) is 17.2 Å². The van der Waals surface area contributed by atoms with E-state index in [2.05, 4.69) is 0 Å². The lowest BCUT2D eigenvalue weighted by Gasteiger charge is -2.08. The van der Waals surface area contributed by atoms with Gasteiger partial charge in [0, 0.05) is 0 Å². The normalized spacial score (nSPS) is 15.2. The fourth-order valence-electron chi connectivity index (χ4n) is 1.05. The van der Waals surface area contributed by atoms with E-state index in [9.17, 15) is 9.36 Å². The molecule has 0 saturated carbocycles. The van der Waals surface area contributed by atoms with Crippen molar-refractivity contribution >= 4 is 19.3 Å². The fourth-order valence-corrected chi connectivity index (χ4v) is 2.08. The van der Waals surface area contributed by atoms with E-state index in [0.29, 0.717) is 5.30 Å². The van der Waals surface area contributed by atoms with Crippen molar-refractivity contribution in [2.24, 2.45) is 5.92 Å². The molecule has 0 saturated heterocycles. The van der Waals surface area contributed by atoms with E-state index in [1.54, 1.807) is 31.2 Å². The van der Waals surface area contributed by atoms with Gasteiger partial charge in [0.25, 0.3) is 0 Å². The average molecular weight is 241 g/mol. The Morgan fingerprint density at radius 1 is 1.31 bits per heavy atom. The highest BCUT2D eigenvalue weighted by molar-refractivity contribution is 7.48. The molecule has 0 aliphatic carbocycles. The SMILES string of the molecule is CC(O[P+](=O)c1ccccc1)C(C)C(=O)O. The number of aliphatic carboxylic acids is 1. The highest BCUT2D eigenvalue weighted by Crippen LogP contribution is 2.26. The first-order valence-corrected chi connectivity index (χ1v) is 6.12. The topological polar surface area (TPSA) is 63.6 Å². The molecule has 0 aromatic heterocycles. The van der Waals surface area contributed by atoms with Crippen molar-refractivity contribution < 1.29 is 19.0 Å². The minimum absolute atomic E-state index is 0.571. The quantitative estimate of drug-likeness (QED) is 0.802. The van der Waals surface area contributed by atoms with Crippen LogP contribution in [0.1, 0.15) is 13.8 Å². The highest BCUT2D eigenvalue weighted by Gasteiger charge is 2.31. The molecule has 1 aromatic rings. The molecule has 0 bridgehead atoms. The second-order valence-electron chi connectivity index (χ2n) is 3.53. The summed E-state index contributed by atoms with van der Waals surface area (Å²) in [4.78, 5) is 10.7. The predicted octanol–water partition coefficient (Wildman–Crippen LogP) is 2.18. The van der Waals surface area contributed by atoms with Crippen molar-refractivity contribution in [3.05, 3.63) is 30.3 Å². The summed E-state index contributed by atoms with van der Waals surface area (Å²) in [6, 6.07) is 8.72. The second kappa shape index (κ2) is 5.73. The molecular weight excluding hydrogens is 227 g/mol. The van der Waals surface area contributed by atoms with Crippen LogP contribution < -0.4 is 5.30 Å². The highest BCUT2D eigenvalue weighted by atomic mass is 31.1. The third kappa shape index (κ3) is 3.40. The molecule has 3 unspecified atom stereocenters. The van der Waals surface area contributed by atoms with E-state index < -0.39 is 26.0 Å². The maximum Gasteiger partial charge on any atom is 0.548 e. The zero-order valence-corrected chi connectivity index (χ0v) is 10.1. The molecule has 86 valence electrons. The van der Waals surface area contributed by atoms with Crippen molar-refractivity contribution in [1.82, 2.24) is 0 Å². The Kier molecular flexibility index (Phi) is 4.59. The van der Waals surface area contributed by atoms with E-state index in [4.69, 9.17) is 9.63 Å². The number of carboxylic acid groups (broad SMARTS) is 1. The number of rotatable bonds is 5. The Labute approximate surface area is 95.1 Å². The maximum atomic E-state index is 11.7. The van der Waals surface area contributed by atoms with Gasteiger partial charge in [-0.2, -0.15) is 0 Å². The second-order valence-corrected chi connectivity index (χ2v) is 4.77. The lowest BCUT2D eigenvalue weighted by atomic mass is 10.1. The monoisotopic (exact) mass is 241 g/mol. The Hall–Kier alpha value is -1.25.